The summed E-state index contributed by atoms with van der Waals surface area (Å²) in [6, 6.07) is 4.84. The summed E-state index contributed by atoms with van der Waals surface area (Å²) in [4.78, 5) is 23.9. The van der Waals surface area contributed by atoms with Crippen LogP contribution in [0.15, 0.2) is 18.2 Å². The molecule has 0 bridgehead atoms. The van der Waals surface area contributed by atoms with E-state index in [1.54, 1.807) is 12.1 Å². The van der Waals surface area contributed by atoms with Gasteiger partial charge in [0.15, 0.2) is 0 Å². The maximum absolute atomic E-state index is 12.1. The number of amides is 1. The van der Waals surface area contributed by atoms with Crippen LogP contribution in [0.1, 0.15) is 10.4 Å². The first kappa shape index (κ1) is 14.8. The molecule has 0 aromatic heterocycles. The van der Waals surface area contributed by atoms with Crippen LogP contribution in [-0.4, -0.2) is 35.0 Å². The van der Waals surface area contributed by atoms with Crippen molar-refractivity contribution in [2.45, 2.75) is 0 Å². The third-order valence-electron chi connectivity index (χ3n) is 2.05. The Morgan fingerprint density at radius 2 is 2.17 bits per heavy atom. The first-order valence-corrected chi connectivity index (χ1v) is 6.31. The average Bonchev–Trinajstić information content (AvgIpc) is 2.30. The van der Waals surface area contributed by atoms with Crippen LogP contribution in [0.4, 0.5) is 0 Å². The lowest BCUT2D eigenvalue weighted by molar-refractivity contribution is -0.137. The zero-order valence-corrected chi connectivity index (χ0v) is 12.1. The van der Waals surface area contributed by atoms with Gasteiger partial charge in [0.2, 0.25) is 0 Å². The van der Waals surface area contributed by atoms with Crippen LogP contribution < -0.4 is 0 Å². The largest absolute Gasteiger partial charge is 0.480 e. The molecule has 0 saturated carbocycles. The Bertz CT molecular complexity index is 525. The van der Waals surface area contributed by atoms with Crippen molar-refractivity contribution in [2.24, 2.45) is 0 Å². The van der Waals surface area contributed by atoms with Crippen LogP contribution in [-0.2, 0) is 4.79 Å². The minimum Gasteiger partial charge on any atom is -0.480 e. The molecule has 94 valence electrons. The number of nitrogens with zero attached hydrogens (tertiary/aromatic N) is 1. The molecule has 1 rings (SSSR count). The highest BCUT2D eigenvalue weighted by molar-refractivity contribution is 14.1. The molecule has 0 aliphatic heterocycles. The first-order valence-electron chi connectivity index (χ1n) is 4.85. The second kappa shape index (κ2) is 6.61. The SMILES string of the molecule is C#CCN(CC(=O)O)C(=O)c1cc(Cl)ccc1I. The molecule has 0 saturated heterocycles. The maximum atomic E-state index is 12.1. The Morgan fingerprint density at radius 3 is 2.72 bits per heavy atom. The van der Waals surface area contributed by atoms with Crippen molar-refractivity contribution in [2.75, 3.05) is 13.1 Å². The summed E-state index contributed by atoms with van der Waals surface area (Å²) in [5, 5.41) is 9.15. The van der Waals surface area contributed by atoms with Crippen molar-refractivity contribution < 1.29 is 14.7 Å². The first-order chi connectivity index (χ1) is 8.45. The summed E-state index contributed by atoms with van der Waals surface area (Å²) in [6.45, 7) is -0.501. The molecule has 0 aliphatic carbocycles. The second-order valence-corrected chi connectivity index (χ2v) is 4.98. The fourth-order valence-electron chi connectivity index (χ4n) is 1.30. The van der Waals surface area contributed by atoms with E-state index in [-0.39, 0.29) is 6.54 Å². The van der Waals surface area contributed by atoms with Gasteiger partial charge in [0.25, 0.3) is 5.91 Å². The Labute approximate surface area is 123 Å². The quantitative estimate of drug-likeness (QED) is 0.646. The third kappa shape index (κ3) is 3.89. The van der Waals surface area contributed by atoms with Gasteiger partial charge in [-0.3, -0.25) is 9.59 Å². The van der Waals surface area contributed by atoms with Crippen LogP contribution in [0.5, 0.6) is 0 Å². The molecular weight excluding hydrogens is 368 g/mol. The van der Waals surface area contributed by atoms with Gasteiger partial charge in [-0.1, -0.05) is 17.5 Å². The van der Waals surface area contributed by atoms with Crippen LogP contribution >= 0.6 is 34.2 Å². The fourth-order valence-corrected chi connectivity index (χ4v) is 2.04. The fraction of sp³-hybridized carbons (Fsp3) is 0.167. The number of terminal acetylenes is 1. The van der Waals surface area contributed by atoms with Gasteiger partial charge in [0, 0.05) is 8.59 Å². The van der Waals surface area contributed by atoms with Crippen molar-refractivity contribution in [3.05, 3.63) is 32.4 Å². The minimum atomic E-state index is -1.12. The Morgan fingerprint density at radius 1 is 1.50 bits per heavy atom. The zero-order chi connectivity index (χ0) is 13.7. The minimum absolute atomic E-state index is 0.0618. The van der Waals surface area contributed by atoms with E-state index >= 15 is 0 Å². The summed E-state index contributed by atoms with van der Waals surface area (Å²) >= 11 is 7.80. The van der Waals surface area contributed by atoms with E-state index in [0.29, 0.717) is 14.2 Å². The molecule has 1 N–H and O–H groups in total. The number of carbonyl (C=O) groups is 2. The number of hydrogen-bond donors (Lipinski definition) is 1. The van der Waals surface area contributed by atoms with Crippen LogP contribution in [0.25, 0.3) is 0 Å². The molecule has 18 heavy (non-hydrogen) atoms. The molecule has 0 aliphatic rings. The zero-order valence-electron chi connectivity index (χ0n) is 9.19. The van der Waals surface area contributed by atoms with Gasteiger partial charge in [-0.2, -0.15) is 0 Å². The number of aliphatic carboxylic acids is 1. The van der Waals surface area contributed by atoms with Crippen LogP contribution in [0, 0.1) is 15.9 Å². The number of benzene rings is 1. The smallest absolute Gasteiger partial charge is 0.323 e. The van der Waals surface area contributed by atoms with Crippen molar-refractivity contribution in [3.63, 3.8) is 0 Å². The molecular formula is C12H9ClINO3. The Hall–Kier alpha value is -1.26. The van der Waals surface area contributed by atoms with E-state index < -0.39 is 18.4 Å². The van der Waals surface area contributed by atoms with Crippen LogP contribution in [0.2, 0.25) is 5.02 Å². The Kier molecular flexibility index (Phi) is 5.44. The molecule has 1 amide bonds. The van der Waals surface area contributed by atoms with Gasteiger partial charge in [-0.15, -0.1) is 6.42 Å². The summed E-state index contributed by atoms with van der Waals surface area (Å²) in [5.74, 6) is 0.707. The lowest BCUT2D eigenvalue weighted by atomic mass is 10.2. The molecule has 1 aromatic rings. The highest BCUT2D eigenvalue weighted by atomic mass is 127. The summed E-state index contributed by atoms with van der Waals surface area (Å²) in [6.07, 6.45) is 5.12. The van der Waals surface area contributed by atoms with Gasteiger partial charge in [-0.25, -0.2) is 0 Å². The molecule has 0 unspecified atom stereocenters. The van der Waals surface area contributed by atoms with E-state index in [1.165, 1.54) is 6.07 Å². The number of halogens is 2. The van der Waals surface area contributed by atoms with Crippen LogP contribution in [0.3, 0.4) is 0 Å². The van der Waals surface area contributed by atoms with Crippen molar-refractivity contribution in [1.29, 1.82) is 0 Å². The highest BCUT2D eigenvalue weighted by Crippen LogP contribution is 2.19. The monoisotopic (exact) mass is 377 g/mol. The maximum Gasteiger partial charge on any atom is 0.323 e. The van der Waals surface area contributed by atoms with Gasteiger partial charge in [0.05, 0.1) is 12.1 Å². The normalized spacial score (nSPS) is 9.61. The summed E-state index contributed by atoms with van der Waals surface area (Å²) in [7, 11) is 0. The van der Waals surface area contributed by atoms with E-state index in [0.717, 1.165) is 4.90 Å². The van der Waals surface area contributed by atoms with E-state index in [9.17, 15) is 9.59 Å². The third-order valence-corrected chi connectivity index (χ3v) is 3.23. The lowest BCUT2D eigenvalue weighted by Gasteiger charge is -2.18. The molecule has 0 fully saturated rings. The van der Waals surface area contributed by atoms with E-state index in [2.05, 4.69) is 5.92 Å². The predicted octanol–water partition coefficient (Wildman–Crippen LogP) is 2.10. The van der Waals surface area contributed by atoms with Gasteiger partial charge in [0.1, 0.15) is 6.54 Å². The average molecular weight is 378 g/mol. The van der Waals surface area contributed by atoms with E-state index in [1.807, 2.05) is 22.6 Å². The van der Waals surface area contributed by atoms with Gasteiger partial charge < -0.3 is 10.0 Å². The molecule has 6 heteroatoms. The van der Waals surface area contributed by atoms with Gasteiger partial charge >= 0.3 is 5.97 Å². The number of hydrogen-bond acceptors (Lipinski definition) is 2. The standard InChI is InChI=1S/C12H9ClINO3/c1-2-5-15(7-11(16)17)12(18)9-6-8(13)3-4-10(9)14/h1,3-4,6H,5,7H2,(H,16,17). The second-order valence-electron chi connectivity index (χ2n) is 3.38. The summed E-state index contributed by atoms with van der Waals surface area (Å²) in [5.41, 5.74) is 0.347. The van der Waals surface area contributed by atoms with Crippen molar-refractivity contribution >= 4 is 46.1 Å². The molecule has 0 spiro atoms. The molecule has 1 aromatic carbocycles. The number of rotatable bonds is 4. The molecule has 0 heterocycles. The van der Waals surface area contributed by atoms with Gasteiger partial charge in [-0.05, 0) is 40.8 Å². The highest BCUT2D eigenvalue weighted by Gasteiger charge is 2.20. The molecule has 0 radical (unpaired) electrons. The summed E-state index contributed by atoms with van der Waals surface area (Å²) < 4.78 is 0.689. The number of carboxylic acids is 1. The molecule has 0 atom stereocenters. The van der Waals surface area contributed by atoms with E-state index in [4.69, 9.17) is 23.1 Å². The van der Waals surface area contributed by atoms with Crippen molar-refractivity contribution in [3.8, 4) is 12.3 Å². The number of carbonyl (C=O) groups excluding carboxylic acids is 1. The Balaban J connectivity index is 3.05. The number of carboxylic acid groups (broad SMARTS) is 1. The molecule has 4 nitrogen and oxygen atoms in total. The predicted molar refractivity (Wildman–Crippen MR) is 76.5 cm³/mol. The topological polar surface area (TPSA) is 57.6 Å². The lowest BCUT2D eigenvalue weighted by Crippen LogP contribution is -2.36. The van der Waals surface area contributed by atoms with Crippen molar-refractivity contribution in [1.82, 2.24) is 4.90 Å².